The second kappa shape index (κ2) is 5.95. The van der Waals surface area contributed by atoms with Gasteiger partial charge in [-0.25, -0.2) is 9.97 Å². The molecule has 2 heterocycles. The lowest BCUT2D eigenvalue weighted by Gasteiger charge is -2.03. The average molecular weight is 246 g/mol. The molecule has 0 aliphatic rings. The molecule has 0 radical (unpaired) electrons. The summed E-state index contributed by atoms with van der Waals surface area (Å²) in [6, 6.07) is 5.29. The fraction of sp³-hybridized carbons (Fsp3) is 0.0909. The van der Waals surface area contributed by atoms with Gasteiger partial charge in [0.05, 0.1) is 17.6 Å². The molecule has 0 spiro atoms. The fourth-order valence-electron chi connectivity index (χ4n) is 1.12. The fourth-order valence-corrected chi connectivity index (χ4v) is 1.73. The Morgan fingerprint density at radius 2 is 2.06 bits per heavy atom. The quantitative estimate of drug-likeness (QED) is 0.655. The summed E-state index contributed by atoms with van der Waals surface area (Å²) in [6.45, 7) is 0. The van der Waals surface area contributed by atoms with Crippen molar-refractivity contribution < 1.29 is 4.79 Å². The molecule has 0 bridgehead atoms. The van der Waals surface area contributed by atoms with E-state index in [-0.39, 0.29) is 11.7 Å². The molecule has 17 heavy (non-hydrogen) atoms. The van der Waals surface area contributed by atoms with Gasteiger partial charge in [0.1, 0.15) is 0 Å². The Balaban J connectivity index is 1.83. The Bertz CT molecular complexity index is 477. The van der Waals surface area contributed by atoms with Crippen LogP contribution in [0.4, 0.5) is 5.69 Å². The van der Waals surface area contributed by atoms with Gasteiger partial charge >= 0.3 is 0 Å². The third-order valence-corrected chi connectivity index (χ3v) is 2.70. The van der Waals surface area contributed by atoms with Crippen molar-refractivity contribution in [3.05, 3.63) is 43.0 Å². The lowest BCUT2D eigenvalue weighted by molar-refractivity contribution is -0.113. The van der Waals surface area contributed by atoms with Crippen molar-refractivity contribution in [3.8, 4) is 0 Å². The minimum absolute atomic E-state index is 0.101. The number of rotatable bonds is 4. The van der Waals surface area contributed by atoms with Crippen LogP contribution in [0.5, 0.6) is 0 Å². The molecule has 86 valence electrons. The zero-order chi connectivity index (χ0) is 11.9. The van der Waals surface area contributed by atoms with E-state index in [1.54, 1.807) is 43.0 Å². The van der Waals surface area contributed by atoms with Crippen LogP contribution < -0.4 is 5.32 Å². The van der Waals surface area contributed by atoms with Gasteiger partial charge in [0.2, 0.25) is 5.91 Å². The first-order chi connectivity index (χ1) is 8.34. The average Bonchev–Trinajstić information content (AvgIpc) is 2.39. The number of pyridine rings is 1. The summed E-state index contributed by atoms with van der Waals surface area (Å²) in [4.78, 5) is 23.5. The molecular formula is C11H10N4OS. The summed E-state index contributed by atoms with van der Waals surface area (Å²) in [5.41, 5.74) is 0.687. The highest BCUT2D eigenvalue weighted by Gasteiger charge is 2.04. The molecule has 2 rings (SSSR count). The molecule has 0 unspecified atom stereocenters. The normalized spacial score (nSPS) is 9.88. The Labute approximate surface area is 103 Å². The Morgan fingerprint density at radius 3 is 2.76 bits per heavy atom. The summed E-state index contributed by atoms with van der Waals surface area (Å²) in [5, 5.41) is 3.33. The number of hydrogen-bond donors (Lipinski definition) is 1. The second-order valence-electron chi connectivity index (χ2n) is 3.11. The van der Waals surface area contributed by atoms with E-state index >= 15 is 0 Å². The number of amides is 1. The van der Waals surface area contributed by atoms with Crippen LogP contribution in [-0.2, 0) is 4.79 Å². The molecule has 0 aromatic carbocycles. The molecule has 0 saturated heterocycles. The van der Waals surface area contributed by atoms with Crippen LogP contribution in [0.3, 0.4) is 0 Å². The van der Waals surface area contributed by atoms with E-state index in [2.05, 4.69) is 20.3 Å². The van der Waals surface area contributed by atoms with E-state index in [0.717, 1.165) is 0 Å². The number of hydrogen-bond acceptors (Lipinski definition) is 5. The van der Waals surface area contributed by atoms with Crippen LogP contribution in [0.15, 0.2) is 48.1 Å². The maximum atomic E-state index is 11.6. The van der Waals surface area contributed by atoms with E-state index in [1.165, 1.54) is 11.8 Å². The number of nitrogens with one attached hydrogen (secondary N) is 1. The number of nitrogens with zero attached hydrogens (tertiary/aromatic N) is 3. The summed E-state index contributed by atoms with van der Waals surface area (Å²) in [7, 11) is 0. The predicted octanol–water partition coefficient (Wildman–Crippen LogP) is 1.60. The monoisotopic (exact) mass is 246 g/mol. The van der Waals surface area contributed by atoms with Crippen molar-refractivity contribution in [2.75, 3.05) is 11.1 Å². The van der Waals surface area contributed by atoms with Crippen molar-refractivity contribution in [1.82, 2.24) is 15.0 Å². The second-order valence-corrected chi connectivity index (χ2v) is 4.05. The summed E-state index contributed by atoms with van der Waals surface area (Å²) in [5.74, 6) is 0.175. The molecule has 2 aromatic rings. The molecule has 5 nitrogen and oxygen atoms in total. The van der Waals surface area contributed by atoms with Gasteiger partial charge < -0.3 is 5.32 Å². The molecule has 2 aromatic heterocycles. The first-order valence-electron chi connectivity index (χ1n) is 4.94. The predicted molar refractivity (Wildman–Crippen MR) is 65.6 cm³/mol. The third-order valence-electron chi connectivity index (χ3n) is 1.82. The van der Waals surface area contributed by atoms with Crippen LogP contribution >= 0.6 is 11.8 Å². The lowest BCUT2D eigenvalue weighted by Crippen LogP contribution is -2.14. The van der Waals surface area contributed by atoms with Gasteiger partial charge in [-0.2, -0.15) is 0 Å². The smallest absolute Gasteiger partial charge is 0.234 e. The summed E-state index contributed by atoms with van der Waals surface area (Å²) in [6.07, 6.45) is 6.55. The molecule has 6 heteroatoms. The summed E-state index contributed by atoms with van der Waals surface area (Å²) < 4.78 is 0. The number of aromatic nitrogens is 3. The first-order valence-corrected chi connectivity index (χ1v) is 5.93. The minimum atomic E-state index is -0.101. The van der Waals surface area contributed by atoms with Crippen LogP contribution in [0.2, 0.25) is 0 Å². The van der Waals surface area contributed by atoms with Crippen molar-refractivity contribution in [2.24, 2.45) is 0 Å². The van der Waals surface area contributed by atoms with Gasteiger partial charge in [-0.15, -0.1) is 0 Å². The SMILES string of the molecule is O=C(CSc1ncccn1)Nc1cccnc1. The standard InChI is InChI=1S/C11H10N4OS/c16-10(15-9-3-1-4-12-7-9)8-17-11-13-5-2-6-14-11/h1-7H,8H2,(H,15,16). The first kappa shape index (κ1) is 11.5. The Morgan fingerprint density at radius 1 is 1.24 bits per heavy atom. The van der Waals surface area contributed by atoms with Gasteiger partial charge in [-0.3, -0.25) is 9.78 Å². The molecule has 0 fully saturated rings. The maximum Gasteiger partial charge on any atom is 0.234 e. The molecule has 1 amide bonds. The molecule has 1 N–H and O–H groups in total. The van der Waals surface area contributed by atoms with E-state index in [9.17, 15) is 4.79 Å². The van der Waals surface area contributed by atoms with Crippen molar-refractivity contribution in [1.29, 1.82) is 0 Å². The lowest BCUT2D eigenvalue weighted by atomic mass is 10.4. The van der Waals surface area contributed by atoms with Gasteiger partial charge in [0, 0.05) is 18.6 Å². The molecule has 0 saturated carbocycles. The van der Waals surface area contributed by atoms with E-state index in [4.69, 9.17) is 0 Å². The number of carbonyl (C=O) groups is 1. The highest BCUT2D eigenvalue weighted by atomic mass is 32.2. The van der Waals surface area contributed by atoms with Crippen LogP contribution in [-0.4, -0.2) is 26.6 Å². The molecular weight excluding hydrogens is 236 g/mol. The van der Waals surface area contributed by atoms with Crippen LogP contribution in [0.25, 0.3) is 0 Å². The van der Waals surface area contributed by atoms with Crippen LogP contribution in [0, 0.1) is 0 Å². The third kappa shape index (κ3) is 3.84. The maximum absolute atomic E-state index is 11.6. The van der Waals surface area contributed by atoms with E-state index in [1.807, 2.05) is 0 Å². The van der Waals surface area contributed by atoms with Gasteiger partial charge in [-0.1, -0.05) is 11.8 Å². The van der Waals surface area contributed by atoms with Crippen LogP contribution in [0.1, 0.15) is 0 Å². The van der Waals surface area contributed by atoms with Gasteiger partial charge in [0.25, 0.3) is 0 Å². The van der Waals surface area contributed by atoms with Crippen molar-refractivity contribution >= 4 is 23.4 Å². The molecule has 0 aliphatic heterocycles. The zero-order valence-corrected chi connectivity index (χ0v) is 9.72. The minimum Gasteiger partial charge on any atom is -0.324 e. The van der Waals surface area contributed by atoms with Gasteiger partial charge in [-0.05, 0) is 18.2 Å². The van der Waals surface area contributed by atoms with Crippen molar-refractivity contribution in [3.63, 3.8) is 0 Å². The molecule has 0 aliphatic carbocycles. The van der Waals surface area contributed by atoms with E-state index in [0.29, 0.717) is 10.8 Å². The largest absolute Gasteiger partial charge is 0.324 e. The summed E-state index contributed by atoms with van der Waals surface area (Å²) >= 11 is 1.29. The number of carbonyl (C=O) groups excluding carboxylic acids is 1. The highest BCUT2D eigenvalue weighted by Crippen LogP contribution is 2.11. The number of anilines is 1. The topological polar surface area (TPSA) is 67.8 Å². The molecule has 0 atom stereocenters. The van der Waals surface area contributed by atoms with Gasteiger partial charge in [0.15, 0.2) is 5.16 Å². The van der Waals surface area contributed by atoms with Crippen molar-refractivity contribution in [2.45, 2.75) is 5.16 Å². The Hall–Kier alpha value is -1.95. The number of thioether (sulfide) groups is 1. The Kier molecular flexibility index (Phi) is 4.04. The zero-order valence-electron chi connectivity index (χ0n) is 8.91. The van der Waals surface area contributed by atoms with E-state index < -0.39 is 0 Å². The highest BCUT2D eigenvalue weighted by molar-refractivity contribution is 7.99.